The van der Waals surface area contributed by atoms with E-state index in [4.69, 9.17) is 17.3 Å². The second kappa shape index (κ2) is 6.62. The van der Waals surface area contributed by atoms with Gasteiger partial charge in [-0.05, 0) is 48.9 Å². The van der Waals surface area contributed by atoms with E-state index in [2.05, 4.69) is 34.1 Å². The van der Waals surface area contributed by atoms with E-state index in [9.17, 15) is 0 Å². The number of nitrogens with two attached hydrogens (primary N) is 1. The predicted molar refractivity (Wildman–Crippen MR) is 82.5 cm³/mol. The molecule has 0 bridgehead atoms. The number of hydrogen-bond acceptors (Lipinski definition) is 2. The summed E-state index contributed by atoms with van der Waals surface area (Å²) in [6.45, 7) is 0.633. The summed E-state index contributed by atoms with van der Waals surface area (Å²) in [5, 5.41) is 0.786. The summed E-state index contributed by atoms with van der Waals surface area (Å²) >= 11 is 11.4. The van der Waals surface area contributed by atoms with Gasteiger partial charge in [0.2, 0.25) is 0 Å². The fraction of sp³-hybridized carbons (Fsp3) is 0.143. The van der Waals surface area contributed by atoms with Gasteiger partial charge in [-0.25, -0.2) is 0 Å². The minimum absolute atomic E-state index is 0.633. The van der Waals surface area contributed by atoms with E-state index in [1.54, 1.807) is 11.8 Å². The monoisotopic (exact) mass is 341 g/mol. The highest BCUT2D eigenvalue weighted by Crippen LogP contribution is 2.36. The highest BCUT2D eigenvalue weighted by atomic mass is 79.9. The molecule has 1 nitrogen and oxygen atoms in total. The van der Waals surface area contributed by atoms with Gasteiger partial charge in [0.05, 0.1) is 5.02 Å². The van der Waals surface area contributed by atoms with Crippen molar-refractivity contribution in [2.24, 2.45) is 5.73 Å². The van der Waals surface area contributed by atoms with Gasteiger partial charge in [-0.15, -0.1) is 0 Å². The first kappa shape index (κ1) is 13.9. The zero-order valence-electron chi connectivity index (χ0n) is 9.70. The molecule has 0 spiro atoms. The molecule has 2 aromatic rings. The Balaban J connectivity index is 2.30. The summed E-state index contributed by atoms with van der Waals surface area (Å²) < 4.78 is 1.08. The molecule has 4 heteroatoms. The van der Waals surface area contributed by atoms with Crippen molar-refractivity contribution in [3.63, 3.8) is 0 Å². The second-order valence-electron chi connectivity index (χ2n) is 3.82. The third-order valence-electron chi connectivity index (χ3n) is 2.50. The minimum Gasteiger partial charge on any atom is -0.330 e. The SMILES string of the molecule is NCCc1cccc(Cl)c1Sc1ccc(Br)cc1. The smallest absolute Gasteiger partial charge is 0.0548 e. The van der Waals surface area contributed by atoms with Crippen molar-refractivity contribution in [3.05, 3.63) is 57.5 Å². The lowest BCUT2D eigenvalue weighted by atomic mass is 10.1. The highest BCUT2D eigenvalue weighted by Gasteiger charge is 2.08. The Hall–Kier alpha value is -0.480. The average molecular weight is 343 g/mol. The van der Waals surface area contributed by atoms with Crippen molar-refractivity contribution in [1.29, 1.82) is 0 Å². The second-order valence-corrected chi connectivity index (χ2v) is 6.23. The molecular weight excluding hydrogens is 330 g/mol. The van der Waals surface area contributed by atoms with E-state index >= 15 is 0 Å². The zero-order valence-corrected chi connectivity index (χ0v) is 12.9. The number of halogens is 2. The summed E-state index contributed by atoms with van der Waals surface area (Å²) in [5.74, 6) is 0. The fourth-order valence-electron chi connectivity index (χ4n) is 1.64. The van der Waals surface area contributed by atoms with Crippen LogP contribution in [0.15, 0.2) is 56.7 Å². The van der Waals surface area contributed by atoms with Crippen LogP contribution in [-0.2, 0) is 6.42 Å². The molecule has 0 saturated carbocycles. The maximum Gasteiger partial charge on any atom is 0.0548 e. The lowest BCUT2D eigenvalue weighted by Crippen LogP contribution is -2.03. The quantitative estimate of drug-likeness (QED) is 0.867. The van der Waals surface area contributed by atoms with Gasteiger partial charge in [0.1, 0.15) is 0 Å². The van der Waals surface area contributed by atoms with Crippen molar-refractivity contribution < 1.29 is 0 Å². The van der Waals surface area contributed by atoms with E-state index < -0.39 is 0 Å². The highest BCUT2D eigenvalue weighted by molar-refractivity contribution is 9.10. The van der Waals surface area contributed by atoms with Crippen molar-refractivity contribution in [2.45, 2.75) is 16.2 Å². The summed E-state index contributed by atoms with van der Waals surface area (Å²) in [6, 6.07) is 14.2. The molecule has 0 aliphatic carbocycles. The Morgan fingerprint density at radius 2 is 1.83 bits per heavy atom. The van der Waals surface area contributed by atoms with Crippen LogP contribution < -0.4 is 5.73 Å². The zero-order chi connectivity index (χ0) is 13.0. The molecule has 0 aliphatic heterocycles. The summed E-state index contributed by atoms with van der Waals surface area (Å²) in [7, 11) is 0. The standard InChI is InChI=1S/C14H13BrClNS/c15-11-4-6-12(7-5-11)18-14-10(8-9-17)2-1-3-13(14)16/h1-7H,8-9,17H2. The van der Waals surface area contributed by atoms with Crippen LogP contribution >= 0.6 is 39.3 Å². The fourth-order valence-corrected chi connectivity index (χ4v) is 3.19. The summed E-state index contributed by atoms with van der Waals surface area (Å²) in [4.78, 5) is 2.27. The Morgan fingerprint density at radius 3 is 2.50 bits per heavy atom. The van der Waals surface area contributed by atoms with E-state index in [1.807, 2.05) is 24.3 Å². The van der Waals surface area contributed by atoms with Gasteiger partial charge < -0.3 is 5.73 Å². The van der Waals surface area contributed by atoms with E-state index in [-0.39, 0.29) is 0 Å². The van der Waals surface area contributed by atoms with Crippen LogP contribution in [0.3, 0.4) is 0 Å². The van der Waals surface area contributed by atoms with Gasteiger partial charge in [0.15, 0.2) is 0 Å². The molecule has 94 valence electrons. The van der Waals surface area contributed by atoms with Crippen LogP contribution in [0.5, 0.6) is 0 Å². The number of rotatable bonds is 4. The van der Waals surface area contributed by atoms with Crippen LogP contribution in [0.4, 0.5) is 0 Å². The van der Waals surface area contributed by atoms with Gasteiger partial charge >= 0.3 is 0 Å². The van der Waals surface area contributed by atoms with Crippen molar-refractivity contribution in [3.8, 4) is 0 Å². The molecule has 18 heavy (non-hydrogen) atoms. The minimum atomic E-state index is 0.633. The van der Waals surface area contributed by atoms with Gasteiger partial charge in [-0.3, -0.25) is 0 Å². The Morgan fingerprint density at radius 1 is 1.11 bits per heavy atom. The van der Waals surface area contributed by atoms with Crippen molar-refractivity contribution in [2.75, 3.05) is 6.54 Å². The third-order valence-corrected chi connectivity index (χ3v) is 4.65. The van der Waals surface area contributed by atoms with E-state index in [0.29, 0.717) is 6.54 Å². The molecular formula is C14H13BrClNS. The van der Waals surface area contributed by atoms with E-state index in [1.165, 1.54) is 10.5 Å². The molecule has 0 heterocycles. The molecule has 0 fully saturated rings. The number of hydrogen-bond donors (Lipinski definition) is 1. The van der Waals surface area contributed by atoms with Crippen molar-refractivity contribution >= 4 is 39.3 Å². The molecule has 0 aliphatic rings. The molecule has 0 atom stereocenters. The first-order chi connectivity index (χ1) is 8.70. The van der Waals surface area contributed by atoms with Crippen LogP contribution in [0, 0.1) is 0 Å². The lowest BCUT2D eigenvalue weighted by molar-refractivity contribution is 0.944. The lowest BCUT2D eigenvalue weighted by Gasteiger charge is -2.10. The Bertz CT molecular complexity index is 528. The molecule has 2 aromatic carbocycles. The summed E-state index contributed by atoms with van der Waals surface area (Å²) in [5.41, 5.74) is 6.84. The summed E-state index contributed by atoms with van der Waals surface area (Å²) in [6.07, 6.45) is 0.847. The molecule has 0 unspecified atom stereocenters. The van der Waals surface area contributed by atoms with Gasteiger partial charge in [0, 0.05) is 14.3 Å². The predicted octanol–water partition coefficient (Wildman–Crippen LogP) is 4.75. The Labute approximate surface area is 125 Å². The van der Waals surface area contributed by atoms with Gasteiger partial charge in [-0.1, -0.05) is 51.4 Å². The third kappa shape index (κ3) is 3.51. The topological polar surface area (TPSA) is 26.0 Å². The van der Waals surface area contributed by atoms with Gasteiger partial charge in [-0.2, -0.15) is 0 Å². The van der Waals surface area contributed by atoms with Crippen LogP contribution in [0.2, 0.25) is 5.02 Å². The molecule has 0 saturated heterocycles. The van der Waals surface area contributed by atoms with E-state index in [0.717, 1.165) is 20.8 Å². The van der Waals surface area contributed by atoms with Crippen LogP contribution in [-0.4, -0.2) is 6.54 Å². The number of benzene rings is 2. The first-order valence-corrected chi connectivity index (χ1v) is 7.60. The normalized spacial score (nSPS) is 10.6. The Kier molecular flexibility index (Phi) is 5.13. The van der Waals surface area contributed by atoms with Crippen LogP contribution in [0.25, 0.3) is 0 Å². The largest absolute Gasteiger partial charge is 0.330 e. The first-order valence-electron chi connectivity index (χ1n) is 5.61. The van der Waals surface area contributed by atoms with Crippen molar-refractivity contribution in [1.82, 2.24) is 0 Å². The molecule has 0 aromatic heterocycles. The maximum absolute atomic E-state index is 6.28. The molecule has 2 rings (SSSR count). The molecule has 2 N–H and O–H groups in total. The van der Waals surface area contributed by atoms with Gasteiger partial charge in [0.25, 0.3) is 0 Å². The van der Waals surface area contributed by atoms with Crippen LogP contribution in [0.1, 0.15) is 5.56 Å². The maximum atomic E-state index is 6.28. The average Bonchev–Trinajstić information content (AvgIpc) is 2.36. The molecule has 0 amide bonds. The molecule has 0 radical (unpaired) electrons.